The first-order valence-corrected chi connectivity index (χ1v) is 7.77. The van der Waals surface area contributed by atoms with Crippen LogP contribution in [-0.2, 0) is 15.3 Å². The Bertz CT molecular complexity index is 769. The van der Waals surface area contributed by atoms with Crippen LogP contribution in [0.5, 0.6) is 0 Å². The minimum atomic E-state index is -1.19. The fourth-order valence-electron chi connectivity index (χ4n) is 2.97. The van der Waals surface area contributed by atoms with Gasteiger partial charge in [0.1, 0.15) is 0 Å². The number of esters is 1. The number of ether oxygens (including phenoxy) is 2. The van der Waals surface area contributed by atoms with E-state index in [1.807, 2.05) is 80.5 Å². The van der Waals surface area contributed by atoms with Crippen LogP contribution in [-0.4, -0.2) is 41.3 Å². The molecule has 2 aromatic carbocycles. The Morgan fingerprint density at radius 1 is 0.917 bits per heavy atom. The van der Waals surface area contributed by atoms with E-state index in [0.717, 1.165) is 22.5 Å². The zero-order chi connectivity index (χ0) is 17.5. The molecular weight excluding hydrogens is 304 g/mol. The van der Waals surface area contributed by atoms with Crippen molar-refractivity contribution in [2.45, 2.75) is 5.79 Å². The van der Waals surface area contributed by atoms with E-state index < -0.39 is 5.79 Å². The van der Waals surface area contributed by atoms with Crippen LogP contribution < -0.4 is 9.80 Å². The van der Waals surface area contributed by atoms with Gasteiger partial charge in [0.2, 0.25) is 0 Å². The van der Waals surface area contributed by atoms with Crippen molar-refractivity contribution in [3.05, 3.63) is 59.2 Å². The molecule has 0 amide bonds. The Kier molecular flexibility index (Phi) is 3.97. The number of nitrogens with zero attached hydrogens (tertiary/aromatic N) is 2. The van der Waals surface area contributed by atoms with Gasteiger partial charge < -0.3 is 19.3 Å². The molecule has 1 aliphatic rings. The number of cyclic esters (lactones) is 1. The molecule has 126 valence electrons. The topological polar surface area (TPSA) is 42.0 Å². The van der Waals surface area contributed by atoms with E-state index in [1.54, 1.807) is 7.11 Å². The Morgan fingerprint density at radius 2 is 1.50 bits per heavy atom. The van der Waals surface area contributed by atoms with Gasteiger partial charge in [-0.15, -0.1) is 0 Å². The fourth-order valence-corrected chi connectivity index (χ4v) is 2.97. The highest BCUT2D eigenvalue weighted by Crippen LogP contribution is 2.43. The van der Waals surface area contributed by atoms with E-state index in [-0.39, 0.29) is 5.97 Å². The number of benzene rings is 2. The van der Waals surface area contributed by atoms with Crippen molar-refractivity contribution in [1.82, 2.24) is 0 Å². The predicted molar refractivity (Wildman–Crippen MR) is 94.7 cm³/mol. The first-order valence-electron chi connectivity index (χ1n) is 7.77. The fraction of sp³-hybridized carbons (Fsp3) is 0.316. The van der Waals surface area contributed by atoms with Gasteiger partial charge in [0.05, 0.1) is 5.56 Å². The summed E-state index contributed by atoms with van der Waals surface area (Å²) in [5.74, 6) is -1.56. The van der Waals surface area contributed by atoms with Gasteiger partial charge >= 0.3 is 5.97 Å². The van der Waals surface area contributed by atoms with Crippen LogP contribution in [0.15, 0.2) is 42.5 Å². The van der Waals surface area contributed by atoms with Crippen molar-refractivity contribution in [1.29, 1.82) is 0 Å². The standard InChI is InChI=1S/C19H22N2O3/c1-20(2)14-8-6-13(7-9-14)19(23-5)17-11-10-15(21(3)4)12-16(17)18(22)24-19/h6-12H,1-5H3. The second-order valence-corrected chi connectivity index (χ2v) is 6.28. The van der Waals surface area contributed by atoms with Gasteiger partial charge in [-0.3, -0.25) is 0 Å². The summed E-state index contributed by atoms with van der Waals surface area (Å²) < 4.78 is 11.4. The molecule has 1 unspecified atom stereocenters. The molecule has 0 saturated heterocycles. The molecule has 1 atom stereocenters. The number of fused-ring (bicyclic) bond motifs is 1. The van der Waals surface area contributed by atoms with E-state index in [1.165, 1.54) is 0 Å². The van der Waals surface area contributed by atoms with Crippen molar-refractivity contribution in [2.24, 2.45) is 0 Å². The Hall–Kier alpha value is -2.53. The van der Waals surface area contributed by atoms with Gasteiger partial charge in [0, 0.05) is 57.8 Å². The van der Waals surface area contributed by atoms with Crippen LogP contribution in [0.2, 0.25) is 0 Å². The normalized spacial score (nSPS) is 19.0. The van der Waals surface area contributed by atoms with Crippen LogP contribution in [0.25, 0.3) is 0 Å². The SMILES string of the molecule is COC1(c2ccc(N(C)C)cc2)OC(=O)c2cc(N(C)C)ccc21. The average molecular weight is 326 g/mol. The van der Waals surface area contributed by atoms with Gasteiger partial charge in [-0.05, 0) is 30.3 Å². The highest BCUT2D eigenvalue weighted by Gasteiger charge is 2.47. The first-order chi connectivity index (χ1) is 11.4. The third-order valence-corrected chi connectivity index (χ3v) is 4.38. The van der Waals surface area contributed by atoms with E-state index in [4.69, 9.17) is 9.47 Å². The van der Waals surface area contributed by atoms with Crippen molar-refractivity contribution < 1.29 is 14.3 Å². The maximum absolute atomic E-state index is 12.4. The molecule has 0 aromatic heterocycles. The summed E-state index contributed by atoms with van der Waals surface area (Å²) in [5.41, 5.74) is 4.08. The van der Waals surface area contributed by atoms with E-state index >= 15 is 0 Å². The molecule has 0 spiro atoms. The molecule has 3 rings (SSSR count). The average Bonchev–Trinajstić information content (AvgIpc) is 2.88. The molecule has 0 radical (unpaired) electrons. The van der Waals surface area contributed by atoms with Crippen molar-refractivity contribution in [2.75, 3.05) is 45.1 Å². The molecule has 0 aliphatic carbocycles. The summed E-state index contributed by atoms with van der Waals surface area (Å²) in [4.78, 5) is 16.4. The lowest BCUT2D eigenvalue weighted by Gasteiger charge is -2.28. The molecule has 1 heterocycles. The second kappa shape index (κ2) is 5.83. The number of carbonyl (C=O) groups is 1. The predicted octanol–water partition coefficient (Wildman–Crippen LogP) is 2.84. The summed E-state index contributed by atoms with van der Waals surface area (Å²) in [6.07, 6.45) is 0. The number of hydrogen-bond donors (Lipinski definition) is 0. The molecule has 0 saturated carbocycles. The lowest BCUT2D eigenvalue weighted by Crippen LogP contribution is -2.30. The van der Waals surface area contributed by atoms with Crippen LogP contribution in [0.3, 0.4) is 0 Å². The molecule has 0 fully saturated rings. The molecule has 24 heavy (non-hydrogen) atoms. The minimum Gasteiger partial charge on any atom is -0.420 e. The van der Waals surface area contributed by atoms with E-state index in [0.29, 0.717) is 5.56 Å². The van der Waals surface area contributed by atoms with Crippen molar-refractivity contribution in [3.8, 4) is 0 Å². The number of anilines is 2. The lowest BCUT2D eigenvalue weighted by molar-refractivity contribution is -0.154. The van der Waals surface area contributed by atoms with E-state index in [9.17, 15) is 4.79 Å². The molecule has 5 heteroatoms. The third kappa shape index (κ3) is 2.41. The number of carbonyl (C=O) groups excluding carboxylic acids is 1. The number of rotatable bonds is 4. The second-order valence-electron chi connectivity index (χ2n) is 6.28. The molecule has 1 aliphatic heterocycles. The van der Waals surface area contributed by atoms with Gasteiger partial charge in [-0.25, -0.2) is 4.79 Å². The minimum absolute atomic E-state index is 0.368. The van der Waals surface area contributed by atoms with Crippen LogP contribution in [0.4, 0.5) is 11.4 Å². The lowest BCUT2D eigenvalue weighted by atomic mass is 9.94. The summed E-state index contributed by atoms with van der Waals surface area (Å²) >= 11 is 0. The monoisotopic (exact) mass is 326 g/mol. The third-order valence-electron chi connectivity index (χ3n) is 4.38. The van der Waals surface area contributed by atoms with Crippen molar-refractivity contribution in [3.63, 3.8) is 0 Å². The zero-order valence-corrected chi connectivity index (χ0v) is 14.7. The van der Waals surface area contributed by atoms with Crippen molar-refractivity contribution >= 4 is 17.3 Å². The van der Waals surface area contributed by atoms with Gasteiger partial charge in [0.15, 0.2) is 0 Å². The summed E-state index contributed by atoms with van der Waals surface area (Å²) in [6, 6.07) is 13.5. The first kappa shape index (κ1) is 16.3. The Balaban J connectivity index is 2.11. The molecule has 0 N–H and O–H groups in total. The largest absolute Gasteiger partial charge is 0.420 e. The van der Waals surface area contributed by atoms with Crippen LogP contribution in [0, 0.1) is 0 Å². The van der Waals surface area contributed by atoms with Crippen LogP contribution in [0.1, 0.15) is 21.5 Å². The quantitative estimate of drug-likeness (QED) is 0.808. The van der Waals surface area contributed by atoms with E-state index in [2.05, 4.69) is 0 Å². The highest BCUT2D eigenvalue weighted by molar-refractivity contribution is 5.96. The molecule has 2 aromatic rings. The molecular formula is C19H22N2O3. The Labute approximate surface area is 142 Å². The van der Waals surface area contributed by atoms with Gasteiger partial charge in [-0.1, -0.05) is 12.1 Å². The van der Waals surface area contributed by atoms with Gasteiger partial charge in [0.25, 0.3) is 5.79 Å². The molecule has 0 bridgehead atoms. The summed E-state index contributed by atoms with van der Waals surface area (Å²) in [7, 11) is 9.39. The van der Waals surface area contributed by atoms with Gasteiger partial charge in [-0.2, -0.15) is 0 Å². The maximum Gasteiger partial charge on any atom is 0.341 e. The summed E-state index contributed by atoms with van der Waals surface area (Å²) in [6.45, 7) is 0. The zero-order valence-electron chi connectivity index (χ0n) is 14.7. The maximum atomic E-state index is 12.4. The number of methoxy groups -OCH3 is 1. The number of hydrogen-bond acceptors (Lipinski definition) is 5. The highest BCUT2D eigenvalue weighted by atomic mass is 16.7. The Morgan fingerprint density at radius 3 is 2.04 bits per heavy atom. The van der Waals surface area contributed by atoms with Crippen LogP contribution >= 0.6 is 0 Å². The molecule has 5 nitrogen and oxygen atoms in total. The summed E-state index contributed by atoms with van der Waals surface area (Å²) in [5, 5.41) is 0. The smallest absolute Gasteiger partial charge is 0.341 e.